The fourth-order valence-corrected chi connectivity index (χ4v) is 3.54. The summed E-state index contributed by atoms with van der Waals surface area (Å²) < 4.78 is 12.2. The lowest BCUT2D eigenvalue weighted by Gasteiger charge is -2.13. The zero-order valence-corrected chi connectivity index (χ0v) is 16.5. The third-order valence-electron chi connectivity index (χ3n) is 3.95. The molecule has 2 amide bonds. The first-order chi connectivity index (χ1) is 12.2. The highest BCUT2D eigenvalue weighted by molar-refractivity contribution is 8.18. The highest BCUT2D eigenvalue weighted by Crippen LogP contribution is 2.33. The van der Waals surface area contributed by atoms with Crippen LogP contribution in [0.15, 0.2) is 11.0 Å². The van der Waals surface area contributed by atoms with Crippen molar-refractivity contribution in [1.82, 2.24) is 9.47 Å². The number of aryl methyl sites for hydroxylation is 1. The number of carbonyl (C=O) groups is 3. The average molecular weight is 380 g/mol. The minimum atomic E-state index is -0.596. The zero-order chi connectivity index (χ0) is 19.4. The molecule has 1 saturated heterocycles. The molecule has 1 aliphatic rings. The second kappa shape index (κ2) is 8.55. The van der Waals surface area contributed by atoms with E-state index in [-0.39, 0.29) is 12.6 Å². The number of esters is 1. The van der Waals surface area contributed by atoms with Crippen molar-refractivity contribution in [3.05, 3.63) is 27.9 Å². The normalized spacial score (nSPS) is 16.2. The first-order valence-corrected chi connectivity index (χ1v) is 9.16. The SMILES string of the molecule is COCCn1c(C)cc(/C=C2/SC(=O)N(CC(=O)OC(C)C)C2=O)c1C. The lowest BCUT2D eigenvalue weighted by Crippen LogP contribution is -2.35. The van der Waals surface area contributed by atoms with Gasteiger partial charge in [-0.15, -0.1) is 0 Å². The summed E-state index contributed by atoms with van der Waals surface area (Å²) >= 11 is 0.836. The number of carbonyl (C=O) groups excluding carboxylic acids is 3. The van der Waals surface area contributed by atoms with Crippen molar-refractivity contribution in [1.29, 1.82) is 0 Å². The van der Waals surface area contributed by atoms with Crippen molar-refractivity contribution >= 4 is 35.0 Å². The molecule has 0 atom stereocenters. The number of amides is 2. The Morgan fingerprint density at radius 3 is 2.62 bits per heavy atom. The molecule has 2 rings (SSSR count). The van der Waals surface area contributed by atoms with Gasteiger partial charge in [0.25, 0.3) is 11.1 Å². The van der Waals surface area contributed by atoms with Gasteiger partial charge in [-0.1, -0.05) is 0 Å². The van der Waals surface area contributed by atoms with Gasteiger partial charge in [0.2, 0.25) is 0 Å². The summed E-state index contributed by atoms with van der Waals surface area (Å²) in [7, 11) is 1.65. The van der Waals surface area contributed by atoms with Crippen molar-refractivity contribution in [2.24, 2.45) is 0 Å². The molecule has 0 spiro atoms. The average Bonchev–Trinajstić information content (AvgIpc) is 2.96. The quantitative estimate of drug-likeness (QED) is 0.535. The number of rotatable bonds is 7. The maximum Gasteiger partial charge on any atom is 0.326 e. The molecule has 7 nitrogen and oxygen atoms in total. The number of nitrogens with zero attached hydrogens (tertiary/aromatic N) is 2. The van der Waals surface area contributed by atoms with E-state index in [1.54, 1.807) is 27.0 Å². The summed E-state index contributed by atoms with van der Waals surface area (Å²) in [5.74, 6) is -1.07. The van der Waals surface area contributed by atoms with Crippen molar-refractivity contribution in [2.45, 2.75) is 40.3 Å². The molecule has 0 saturated carbocycles. The van der Waals surface area contributed by atoms with Gasteiger partial charge >= 0.3 is 5.97 Å². The highest BCUT2D eigenvalue weighted by atomic mass is 32.2. The molecule has 0 unspecified atom stereocenters. The number of ether oxygens (including phenoxy) is 2. The van der Waals surface area contributed by atoms with Crippen LogP contribution in [-0.4, -0.2) is 52.9 Å². The lowest BCUT2D eigenvalue weighted by molar-refractivity contribution is -0.149. The summed E-state index contributed by atoms with van der Waals surface area (Å²) in [5, 5.41) is -0.463. The molecule has 8 heteroatoms. The number of hydrogen-bond acceptors (Lipinski definition) is 6. The van der Waals surface area contributed by atoms with Crippen LogP contribution in [0.25, 0.3) is 6.08 Å². The first-order valence-electron chi connectivity index (χ1n) is 8.35. The van der Waals surface area contributed by atoms with E-state index < -0.39 is 17.1 Å². The Balaban J connectivity index is 2.18. The van der Waals surface area contributed by atoms with Crippen molar-refractivity contribution in [3.8, 4) is 0 Å². The molecule has 1 aromatic heterocycles. The fourth-order valence-electron chi connectivity index (χ4n) is 2.71. The fraction of sp³-hybridized carbons (Fsp3) is 0.500. The number of aromatic nitrogens is 1. The van der Waals surface area contributed by atoms with E-state index in [4.69, 9.17) is 9.47 Å². The summed E-state index contributed by atoms with van der Waals surface area (Å²) in [6, 6.07) is 1.96. The predicted octanol–water partition coefficient (Wildman–Crippen LogP) is 2.74. The molecule has 0 radical (unpaired) electrons. The third-order valence-corrected chi connectivity index (χ3v) is 4.85. The Bertz CT molecular complexity index is 751. The van der Waals surface area contributed by atoms with Crippen LogP contribution < -0.4 is 0 Å². The maximum absolute atomic E-state index is 12.5. The second-order valence-electron chi connectivity index (χ2n) is 6.28. The molecule has 2 heterocycles. The molecule has 0 aliphatic carbocycles. The van der Waals surface area contributed by atoms with E-state index in [1.807, 2.05) is 19.9 Å². The van der Waals surface area contributed by atoms with Gasteiger partial charge in [0.1, 0.15) is 6.54 Å². The number of methoxy groups -OCH3 is 1. The zero-order valence-electron chi connectivity index (χ0n) is 15.7. The van der Waals surface area contributed by atoms with Crippen LogP contribution in [0.2, 0.25) is 0 Å². The van der Waals surface area contributed by atoms with Gasteiger partial charge in [-0.05, 0) is 57.2 Å². The number of thioether (sulfide) groups is 1. The second-order valence-corrected chi connectivity index (χ2v) is 7.27. The maximum atomic E-state index is 12.5. The van der Waals surface area contributed by atoms with Crippen LogP contribution in [0.1, 0.15) is 30.8 Å². The van der Waals surface area contributed by atoms with Crippen LogP contribution in [0.5, 0.6) is 0 Å². The van der Waals surface area contributed by atoms with Crippen LogP contribution in [0.3, 0.4) is 0 Å². The van der Waals surface area contributed by atoms with E-state index >= 15 is 0 Å². The topological polar surface area (TPSA) is 77.8 Å². The smallest absolute Gasteiger partial charge is 0.326 e. The van der Waals surface area contributed by atoms with Gasteiger partial charge in [0.05, 0.1) is 17.6 Å². The molecule has 26 heavy (non-hydrogen) atoms. The monoisotopic (exact) mass is 380 g/mol. The van der Waals surface area contributed by atoms with E-state index in [2.05, 4.69) is 4.57 Å². The van der Waals surface area contributed by atoms with Gasteiger partial charge in [0, 0.05) is 25.0 Å². The molecule has 0 bridgehead atoms. The van der Waals surface area contributed by atoms with Gasteiger partial charge in [-0.3, -0.25) is 19.3 Å². The minimum absolute atomic E-state index is 0.296. The Labute approximate surface area is 157 Å². The predicted molar refractivity (Wildman–Crippen MR) is 99.7 cm³/mol. The van der Waals surface area contributed by atoms with Crippen molar-refractivity contribution in [2.75, 3.05) is 20.3 Å². The molecule has 0 N–H and O–H groups in total. The van der Waals surface area contributed by atoms with Gasteiger partial charge in [-0.2, -0.15) is 0 Å². The van der Waals surface area contributed by atoms with E-state index in [9.17, 15) is 14.4 Å². The first kappa shape index (κ1) is 20.3. The van der Waals surface area contributed by atoms with Crippen molar-refractivity contribution in [3.63, 3.8) is 0 Å². The van der Waals surface area contributed by atoms with E-state index in [1.165, 1.54) is 0 Å². The molecule has 142 valence electrons. The van der Waals surface area contributed by atoms with Crippen LogP contribution in [0, 0.1) is 13.8 Å². The Morgan fingerprint density at radius 2 is 2.00 bits per heavy atom. The van der Waals surface area contributed by atoms with Gasteiger partial charge in [-0.25, -0.2) is 0 Å². The van der Waals surface area contributed by atoms with E-state index in [0.717, 1.165) is 33.6 Å². The number of hydrogen-bond donors (Lipinski definition) is 0. The summed E-state index contributed by atoms with van der Waals surface area (Å²) in [4.78, 5) is 37.6. The lowest BCUT2D eigenvalue weighted by atomic mass is 10.2. The van der Waals surface area contributed by atoms with E-state index in [0.29, 0.717) is 18.1 Å². The highest BCUT2D eigenvalue weighted by Gasteiger charge is 2.37. The minimum Gasteiger partial charge on any atom is -0.462 e. The van der Waals surface area contributed by atoms with Crippen LogP contribution in [-0.2, 0) is 25.6 Å². The van der Waals surface area contributed by atoms with Crippen molar-refractivity contribution < 1.29 is 23.9 Å². The molecule has 1 fully saturated rings. The number of imide groups is 1. The standard InChI is InChI=1S/C18H24N2O5S/c1-11(2)25-16(21)10-20-17(22)15(26-18(20)23)9-14-8-12(3)19(13(14)4)6-7-24-5/h8-9,11H,6-7,10H2,1-5H3/b15-9+. The largest absolute Gasteiger partial charge is 0.462 e. The molecule has 1 aliphatic heterocycles. The molecule has 1 aromatic rings. The summed E-state index contributed by atoms with van der Waals surface area (Å²) in [6.45, 7) is 8.30. The van der Waals surface area contributed by atoms with Crippen LogP contribution in [0.4, 0.5) is 4.79 Å². The summed E-state index contributed by atoms with van der Waals surface area (Å²) in [5.41, 5.74) is 2.91. The Morgan fingerprint density at radius 1 is 1.31 bits per heavy atom. The molecule has 0 aromatic carbocycles. The van der Waals surface area contributed by atoms with Gasteiger partial charge < -0.3 is 14.0 Å². The molecular formula is C18H24N2O5S. The Kier molecular flexibility index (Phi) is 6.66. The van der Waals surface area contributed by atoms with Gasteiger partial charge in [0.15, 0.2) is 0 Å². The molecular weight excluding hydrogens is 356 g/mol. The Hall–Kier alpha value is -2.06. The third kappa shape index (κ3) is 4.56. The van der Waals surface area contributed by atoms with Crippen LogP contribution >= 0.6 is 11.8 Å². The summed E-state index contributed by atoms with van der Waals surface area (Å²) in [6.07, 6.45) is 1.40.